The number of hydrogen-bond donors (Lipinski definition) is 2. The summed E-state index contributed by atoms with van der Waals surface area (Å²) in [5, 5.41) is 11.6. The van der Waals surface area contributed by atoms with Gasteiger partial charge >= 0.3 is 12.0 Å². The van der Waals surface area contributed by atoms with Crippen molar-refractivity contribution in [3.05, 3.63) is 22.7 Å². The molecule has 7 heteroatoms. The van der Waals surface area contributed by atoms with E-state index >= 15 is 0 Å². The molecule has 0 atom stereocenters. The molecule has 6 nitrogen and oxygen atoms in total. The van der Waals surface area contributed by atoms with Crippen LogP contribution >= 0.6 is 15.9 Å². The Balaban J connectivity index is 3.01. The molecule has 0 aliphatic heterocycles. The smallest absolute Gasteiger partial charge is 0.323 e. The summed E-state index contributed by atoms with van der Waals surface area (Å²) < 4.78 is 5.95. The Hall–Kier alpha value is -1.76. The first-order valence-electron chi connectivity index (χ1n) is 6.29. The number of methoxy groups -OCH3 is 1. The predicted octanol–water partition coefficient (Wildman–Crippen LogP) is 3.17. The van der Waals surface area contributed by atoms with Crippen molar-refractivity contribution in [1.82, 2.24) is 4.90 Å². The van der Waals surface area contributed by atoms with Crippen LogP contribution in [0.25, 0.3) is 0 Å². The van der Waals surface area contributed by atoms with Crippen molar-refractivity contribution < 1.29 is 19.4 Å². The molecular formula is C14H19BrN2O4. The zero-order chi connectivity index (χ0) is 16.2. The number of ether oxygens (including phenoxy) is 1. The molecule has 0 heterocycles. The zero-order valence-electron chi connectivity index (χ0n) is 12.4. The molecule has 0 unspecified atom stereocenters. The Kier molecular flexibility index (Phi) is 5.60. The molecule has 0 saturated carbocycles. The molecule has 2 amide bonds. The van der Waals surface area contributed by atoms with Crippen molar-refractivity contribution in [3.8, 4) is 5.75 Å². The first-order chi connectivity index (χ1) is 9.65. The van der Waals surface area contributed by atoms with Gasteiger partial charge in [0.1, 0.15) is 12.3 Å². The molecular weight excluding hydrogens is 340 g/mol. The SMILES string of the molecule is COc1ccc(Br)cc1NC(=O)N(CC(=O)O)C(C)(C)C. The topological polar surface area (TPSA) is 78.9 Å². The van der Waals surface area contributed by atoms with Crippen LogP contribution in [0.3, 0.4) is 0 Å². The van der Waals surface area contributed by atoms with Gasteiger partial charge in [-0.1, -0.05) is 15.9 Å². The molecule has 21 heavy (non-hydrogen) atoms. The van der Waals surface area contributed by atoms with E-state index in [0.29, 0.717) is 11.4 Å². The fraction of sp³-hybridized carbons (Fsp3) is 0.429. The third-order valence-corrected chi connectivity index (χ3v) is 3.24. The third kappa shape index (κ3) is 4.93. The van der Waals surface area contributed by atoms with E-state index in [1.54, 1.807) is 39.0 Å². The van der Waals surface area contributed by atoms with Gasteiger partial charge in [-0.05, 0) is 39.0 Å². The van der Waals surface area contributed by atoms with E-state index in [1.807, 2.05) is 0 Å². The number of carboxylic acids is 1. The van der Waals surface area contributed by atoms with Gasteiger partial charge in [0.25, 0.3) is 0 Å². The highest BCUT2D eigenvalue weighted by atomic mass is 79.9. The molecule has 0 radical (unpaired) electrons. The standard InChI is InChI=1S/C14H19BrN2O4/c1-14(2,3)17(8-12(18)19)13(20)16-10-7-9(15)5-6-11(10)21-4/h5-7H,8H2,1-4H3,(H,16,20)(H,18,19). The lowest BCUT2D eigenvalue weighted by molar-refractivity contribution is -0.138. The lowest BCUT2D eigenvalue weighted by Gasteiger charge is -2.34. The second kappa shape index (κ2) is 6.80. The number of urea groups is 1. The normalized spacial score (nSPS) is 10.9. The Labute approximate surface area is 132 Å². The van der Waals surface area contributed by atoms with Crippen molar-refractivity contribution in [3.63, 3.8) is 0 Å². The van der Waals surface area contributed by atoms with E-state index in [-0.39, 0.29) is 6.54 Å². The van der Waals surface area contributed by atoms with Crippen LogP contribution in [0.1, 0.15) is 20.8 Å². The molecule has 2 N–H and O–H groups in total. The maximum absolute atomic E-state index is 12.4. The lowest BCUT2D eigenvalue weighted by Crippen LogP contribution is -2.50. The van der Waals surface area contributed by atoms with Crippen molar-refractivity contribution in [1.29, 1.82) is 0 Å². The number of aliphatic carboxylic acids is 1. The summed E-state index contributed by atoms with van der Waals surface area (Å²) in [6.45, 7) is 4.93. The minimum atomic E-state index is -1.07. The van der Waals surface area contributed by atoms with Gasteiger partial charge in [-0.25, -0.2) is 4.79 Å². The molecule has 1 aromatic carbocycles. The zero-order valence-corrected chi connectivity index (χ0v) is 14.0. The van der Waals surface area contributed by atoms with Gasteiger partial charge < -0.3 is 20.1 Å². The number of amides is 2. The number of nitrogens with zero attached hydrogens (tertiary/aromatic N) is 1. The number of rotatable bonds is 4. The van der Waals surface area contributed by atoms with E-state index in [4.69, 9.17) is 9.84 Å². The predicted molar refractivity (Wildman–Crippen MR) is 83.8 cm³/mol. The maximum atomic E-state index is 12.4. The first-order valence-corrected chi connectivity index (χ1v) is 7.08. The number of anilines is 1. The third-order valence-electron chi connectivity index (χ3n) is 2.75. The molecule has 1 rings (SSSR count). The van der Waals surface area contributed by atoms with E-state index < -0.39 is 17.5 Å². The monoisotopic (exact) mass is 358 g/mol. The molecule has 116 valence electrons. The van der Waals surface area contributed by atoms with Gasteiger partial charge in [0.15, 0.2) is 0 Å². The van der Waals surface area contributed by atoms with Crippen molar-refractivity contribution >= 4 is 33.6 Å². The minimum absolute atomic E-state index is 0.383. The van der Waals surface area contributed by atoms with E-state index in [9.17, 15) is 9.59 Å². The van der Waals surface area contributed by atoms with Gasteiger partial charge in [-0.3, -0.25) is 4.79 Å². The van der Waals surface area contributed by atoms with Gasteiger partial charge in [0.2, 0.25) is 0 Å². The molecule has 0 saturated heterocycles. The molecule has 0 aliphatic rings. The van der Waals surface area contributed by atoms with Crippen LogP contribution in [-0.4, -0.2) is 41.2 Å². The van der Waals surface area contributed by atoms with Crippen LogP contribution in [0, 0.1) is 0 Å². The van der Waals surface area contributed by atoms with Gasteiger partial charge in [-0.15, -0.1) is 0 Å². The number of carbonyl (C=O) groups excluding carboxylic acids is 1. The number of benzene rings is 1. The number of halogens is 1. The second-order valence-electron chi connectivity index (χ2n) is 5.43. The Morgan fingerprint density at radius 2 is 2.00 bits per heavy atom. The Morgan fingerprint density at radius 3 is 2.48 bits per heavy atom. The van der Waals surface area contributed by atoms with Crippen LogP contribution < -0.4 is 10.1 Å². The highest BCUT2D eigenvalue weighted by molar-refractivity contribution is 9.10. The summed E-state index contributed by atoms with van der Waals surface area (Å²) >= 11 is 3.32. The summed E-state index contributed by atoms with van der Waals surface area (Å²) in [5.74, 6) is -0.572. The van der Waals surface area contributed by atoms with Crippen LogP contribution in [0.4, 0.5) is 10.5 Å². The summed E-state index contributed by atoms with van der Waals surface area (Å²) in [6.07, 6.45) is 0. The molecule has 0 aliphatic carbocycles. The molecule has 0 spiro atoms. The first kappa shape index (κ1) is 17.3. The van der Waals surface area contributed by atoms with E-state index in [0.717, 1.165) is 4.47 Å². The van der Waals surface area contributed by atoms with Crippen molar-refractivity contribution in [2.24, 2.45) is 0 Å². The summed E-state index contributed by atoms with van der Waals surface area (Å²) in [4.78, 5) is 24.5. The van der Waals surface area contributed by atoms with Crippen LogP contribution in [0.2, 0.25) is 0 Å². The van der Waals surface area contributed by atoms with Gasteiger partial charge in [-0.2, -0.15) is 0 Å². The Morgan fingerprint density at radius 1 is 1.38 bits per heavy atom. The van der Waals surface area contributed by atoms with Crippen molar-refractivity contribution in [2.75, 3.05) is 19.0 Å². The van der Waals surface area contributed by atoms with Crippen LogP contribution in [0.5, 0.6) is 5.75 Å². The minimum Gasteiger partial charge on any atom is -0.495 e. The average molecular weight is 359 g/mol. The number of nitrogens with one attached hydrogen (secondary N) is 1. The van der Waals surface area contributed by atoms with E-state index in [1.165, 1.54) is 12.0 Å². The average Bonchev–Trinajstić information content (AvgIpc) is 2.34. The molecule has 0 fully saturated rings. The van der Waals surface area contributed by atoms with Gasteiger partial charge in [0, 0.05) is 10.0 Å². The van der Waals surface area contributed by atoms with Gasteiger partial charge in [0.05, 0.1) is 12.8 Å². The highest BCUT2D eigenvalue weighted by Crippen LogP contribution is 2.28. The van der Waals surface area contributed by atoms with E-state index in [2.05, 4.69) is 21.2 Å². The number of carbonyl (C=O) groups is 2. The molecule has 0 bridgehead atoms. The fourth-order valence-electron chi connectivity index (χ4n) is 1.71. The number of hydrogen-bond acceptors (Lipinski definition) is 3. The van der Waals surface area contributed by atoms with Crippen LogP contribution in [-0.2, 0) is 4.79 Å². The van der Waals surface area contributed by atoms with Crippen molar-refractivity contribution in [2.45, 2.75) is 26.3 Å². The molecule has 0 aromatic heterocycles. The quantitative estimate of drug-likeness (QED) is 0.866. The number of carboxylic acid groups (broad SMARTS) is 1. The summed E-state index contributed by atoms with van der Waals surface area (Å²) in [5.41, 5.74) is -0.154. The summed E-state index contributed by atoms with van der Waals surface area (Å²) in [7, 11) is 1.50. The lowest BCUT2D eigenvalue weighted by atomic mass is 10.1. The largest absolute Gasteiger partial charge is 0.495 e. The Bertz CT molecular complexity index is 540. The maximum Gasteiger partial charge on any atom is 0.323 e. The molecule has 1 aromatic rings. The van der Waals surface area contributed by atoms with Crippen LogP contribution in [0.15, 0.2) is 22.7 Å². The fourth-order valence-corrected chi connectivity index (χ4v) is 2.07. The summed E-state index contributed by atoms with van der Waals surface area (Å²) in [6, 6.07) is 4.69. The highest BCUT2D eigenvalue weighted by Gasteiger charge is 2.29. The second-order valence-corrected chi connectivity index (χ2v) is 6.34.